The van der Waals surface area contributed by atoms with Crippen molar-refractivity contribution in [3.05, 3.63) is 29.3 Å². The number of hydrogen-bond acceptors (Lipinski definition) is 3. The third kappa shape index (κ3) is 3.09. The van der Waals surface area contributed by atoms with Crippen LogP contribution in [0.4, 0.5) is 0 Å². The fraction of sp³-hybridized carbons (Fsp3) is 0.529. The number of aryl methyl sites for hydroxylation is 1. The number of fused-ring (bicyclic) bond motifs is 1. The van der Waals surface area contributed by atoms with Crippen LogP contribution in [-0.2, 0) is 11.2 Å². The molecule has 0 unspecified atom stereocenters. The van der Waals surface area contributed by atoms with Gasteiger partial charge in [-0.05, 0) is 56.4 Å². The van der Waals surface area contributed by atoms with Gasteiger partial charge in [-0.25, -0.2) is 0 Å². The van der Waals surface area contributed by atoms with E-state index in [-0.39, 0.29) is 18.3 Å². The molecular formula is C17H21NO3. The highest BCUT2D eigenvalue weighted by molar-refractivity contribution is 5.98. The Bertz CT molecular complexity index is 563. The van der Waals surface area contributed by atoms with Gasteiger partial charge in [-0.3, -0.25) is 9.59 Å². The van der Waals surface area contributed by atoms with Gasteiger partial charge in [0.15, 0.2) is 12.4 Å². The first kappa shape index (κ1) is 14.1. The molecule has 1 amide bonds. The fourth-order valence-corrected chi connectivity index (χ4v) is 2.97. The van der Waals surface area contributed by atoms with Crippen molar-refractivity contribution < 1.29 is 14.3 Å². The maximum Gasteiger partial charge on any atom is 0.260 e. The summed E-state index contributed by atoms with van der Waals surface area (Å²) in [6.45, 7) is 2.82. The third-order valence-electron chi connectivity index (χ3n) is 4.24. The lowest BCUT2D eigenvalue weighted by Gasteiger charge is -2.21. The summed E-state index contributed by atoms with van der Waals surface area (Å²) in [4.78, 5) is 25.8. The molecule has 112 valence electrons. The minimum absolute atomic E-state index is 0.0498. The molecule has 0 bridgehead atoms. The molecule has 0 aliphatic heterocycles. The molecule has 21 heavy (non-hydrogen) atoms. The highest BCUT2D eigenvalue weighted by Crippen LogP contribution is 2.27. The van der Waals surface area contributed by atoms with Crippen molar-refractivity contribution >= 4 is 11.7 Å². The summed E-state index contributed by atoms with van der Waals surface area (Å²) >= 11 is 0. The third-order valence-corrected chi connectivity index (χ3v) is 4.24. The molecule has 0 atom stereocenters. The number of carbonyl (C=O) groups excluding carboxylic acids is 2. The molecular weight excluding hydrogens is 266 g/mol. The number of carbonyl (C=O) groups is 2. The van der Waals surface area contributed by atoms with Crippen LogP contribution in [0.3, 0.4) is 0 Å². The molecule has 0 spiro atoms. The van der Waals surface area contributed by atoms with Gasteiger partial charge in [0.25, 0.3) is 5.91 Å². The second-order valence-electron chi connectivity index (χ2n) is 5.80. The van der Waals surface area contributed by atoms with Crippen LogP contribution in [0.15, 0.2) is 18.2 Å². The topological polar surface area (TPSA) is 46.6 Å². The van der Waals surface area contributed by atoms with E-state index in [1.54, 1.807) is 6.07 Å². The number of rotatable bonds is 5. The molecule has 0 aromatic heterocycles. The summed E-state index contributed by atoms with van der Waals surface area (Å²) in [7, 11) is 0. The number of likely N-dealkylation sites (N-methyl/N-ethyl adjacent to an activating group) is 1. The molecule has 1 aromatic carbocycles. The first-order valence-corrected chi connectivity index (χ1v) is 7.77. The van der Waals surface area contributed by atoms with E-state index in [0.29, 0.717) is 18.2 Å². The Morgan fingerprint density at radius 2 is 2.14 bits per heavy atom. The molecule has 1 aromatic rings. The summed E-state index contributed by atoms with van der Waals surface area (Å²) in [5.41, 5.74) is 1.86. The van der Waals surface area contributed by atoms with E-state index in [4.69, 9.17) is 4.74 Å². The molecule has 1 fully saturated rings. The molecule has 0 radical (unpaired) electrons. The molecule has 2 aliphatic carbocycles. The number of Topliss-reactive ketones (excluding diaryl/α,β-unsaturated/α-hetero) is 1. The van der Waals surface area contributed by atoms with E-state index in [2.05, 4.69) is 0 Å². The number of hydrogen-bond donors (Lipinski definition) is 0. The Balaban J connectivity index is 1.63. The van der Waals surface area contributed by atoms with Crippen molar-refractivity contribution in [2.24, 2.45) is 0 Å². The van der Waals surface area contributed by atoms with Crippen LogP contribution in [0, 0.1) is 0 Å². The van der Waals surface area contributed by atoms with Crippen LogP contribution in [0.25, 0.3) is 0 Å². The Morgan fingerprint density at radius 1 is 1.33 bits per heavy atom. The normalized spacial score (nSPS) is 17.3. The standard InChI is InChI=1S/C17H21NO3/c1-2-18(13-6-7-13)17(20)11-21-14-8-9-15-12(10-14)4-3-5-16(15)19/h8-10,13H,2-7,11H2,1H3. The van der Waals surface area contributed by atoms with Crippen LogP contribution in [0.5, 0.6) is 5.75 Å². The van der Waals surface area contributed by atoms with Crippen LogP contribution >= 0.6 is 0 Å². The molecule has 4 heteroatoms. The number of amides is 1. The van der Waals surface area contributed by atoms with Crippen LogP contribution in [0.1, 0.15) is 48.5 Å². The highest BCUT2D eigenvalue weighted by Gasteiger charge is 2.31. The Morgan fingerprint density at radius 3 is 2.86 bits per heavy atom. The van der Waals surface area contributed by atoms with E-state index < -0.39 is 0 Å². The Hall–Kier alpha value is -1.84. The van der Waals surface area contributed by atoms with E-state index in [0.717, 1.165) is 43.4 Å². The summed E-state index contributed by atoms with van der Waals surface area (Å²) < 4.78 is 5.63. The zero-order chi connectivity index (χ0) is 14.8. The SMILES string of the molecule is CCN(C(=O)COc1ccc2c(c1)CCCC2=O)C1CC1. The lowest BCUT2D eigenvalue weighted by molar-refractivity contribution is -0.133. The number of ether oxygens (including phenoxy) is 1. The van der Waals surface area contributed by atoms with E-state index in [9.17, 15) is 9.59 Å². The summed E-state index contributed by atoms with van der Waals surface area (Å²) in [6, 6.07) is 5.96. The minimum Gasteiger partial charge on any atom is -0.484 e. The van der Waals surface area contributed by atoms with Crippen molar-refractivity contribution in [2.75, 3.05) is 13.2 Å². The Labute approximate surface area is 125 Å². The smallest absolute Gasteiger partial charge is 0.260 e. The van der Waals surface area contributed by atoms with Crippen molar-refractivity contribution in [1.82, 2.24) is 4.90 Å². The zero-order valence-electron chi connectivity index (χ0n) is 12.4. The van der Waals surface area contributed by atoms with E-state index >= 15 is 0 Å². The molecule has 1 saturated carbocycles. The van der Waals surface area contributed by atoms with Crippen molar-refractivity contribution in [3.63, 3.8) is 0 Å². The average Bonchev–Trinajstić information content (AvgIpc) is 3.31. The van der Waals surface area contributed by atoms with Crippen LogP contribution < -0.4 is 4.74 Å². The number of ketones is 1. The zero-order valence-corrected chi connectivity index (χ0v) is 12.4. The highest BCUT2D eigenvalue weighted by atomic mass is 16.5. The second-order valence-corrected chi connectivity index (χ2v) is 5.80. The maximum atomic E-state index is 12.1. The lowest BCUT2D eigenvalue weighted by Crippen LogP contribution is -2.36. The monoisotopic (exact) mass is 287 g/mol. The number of nitrogens with zero attached hydrogens (tertiary/aromatic N) is 1. The van der Waals surface area contributed by atoms with Gasteiger partial charge >= 0.3 is 0 Å². The Kier molecular flexibility index (Phi) is 3.95. The van der Waals surface area contributed by atoms with E-state index in [1.165, 1.54) is 0 Å². The molecule has 0 saturated heterocycles. The molecule has 3 rings (SSSR count). The van der Waals surface area contributed by atoms with Gasteiger partial charge in [-0.2, -0.15) is 0 Å². The number of benzene rings is 1. The van der Waals surface area contributed by atoms with Crippen molar-refractivity contribution in [3.8, 4) is 5.75 Å². The summed E-state index contributed by atoms with van der Waals surface area (Å²) in [5.74, 6) is 0.946. The van der Waals surface area contributed by atoms with Gasteiger partial charge in [0.1, 0.15) is 5.75 Å². The van der Waals surface area contributed by atoms with Gasteiger partial charge in [0.05, 0.1) is 0 Å². The largest absolute Gasteiger partial charge is 0.484 e. The molecule has 2 aliphatic rings. The minimum atomic E-state index is 0.0498. The quantitative estimate of drug-likeness (QED) is 0.836. The van der Waals surface area contributed by atoms with Crippen molar-refractivity contribution in [1.29, 1.82) is 0 Å². The predicted octanol–water partition coefficient (Wildman–Crippen LogP) is 2.60. The van der Waals surface area contributed by atoms with Crippen LogP contribution in [-0.4, -0.2) is 35.8 Å². The average molecular weight is 287 g/mol. The first-order chi connectivity index (χ1) is 10.2. The van der Waals surface area contributed by atoms with E-state index in [1.807, 2.05) is 24.0 Å². The predicted molar refractivity (Wildman–Crippen MR) is 79.6 cm³/mol. The maximum absolute atomic E-state index is 12.1. The summed E-state index contributed by atoms with van der Waals surface area (Å²) in [5, 5.41) is 0. The molecule has 0 heterocycles. The summed E-state index contributed by atoms with van der Waals surface area (Å²) in [6.07, 6.45) is 4.68. The van der Waals surface area contributed by atoms with Gasteiger partial charge in [0.2, 0.25) is 0 Å². The van der Waals surface area contributed by atoms with Crippen LogP contribution in [0.2, 0.25) is 0 Å². The fourth-order valence-electron chi connectivity index (χ4n) is 2.97. The van der Waals surface area contributed by atoms with Gasteiger partial charge in [0, 0.05) is 24.6 Å². The van der Waals surface area contributed by atoms with Gasteiger partial charge in [-0.15, -0.1) is 0 Å². The second kappa shape index (κ2) is 5.88. The van der Waals surface area contributed by atoms with Gasteiger partial charge in [-0.1, -0.05) is 0 Å². The van der Waals surface area contributed by atoms with Crippen molar-refractivity contribution in [2.45, 2.75) is 45.1 Å². The van der Waals surface area contributed by atoms with Gasteiger partial charge < -0.3 is 9.64 Å². The first-order valence-electron chi connectivity index (χ1n) is 7.77. The lowest BCUT2D eigenvalue weighted by atomic mass is 9.91. The molecule has 0 N–H and O–H groups in total. The molecule has 4 nitrogen and oxygen atoms in total.